The van der Waals surface area contributed by atoms with Gasteiger partial charge < -0.3 is 14.6 Å². The van der Waals surface area contributed by atoms with Gasteiger partial charge >= 0.3 is 0 Å². The number of methoxy groups -OCH3 is 1. The molecule has 2 aromatic rings. The van der Waals surface area contributed by atoms with Crippen molar-refractivity contribution in [2.24, 2.45) is 0 Å². The van der Waals surface area contributed by atoms with Crippen LogP contribution >= 0.6 is 0 Å². The van der Waals surface area contributed by atoms with Crippen LogP contribution in [0.25, 0.3) is 0 Å². The summed E-state index contributed by atoms with van der Waals surface area (Å²) >= 11 is 0. The van der Waals surface area contributed by atoms with E-state index in [2.05, 4.69) is 0 Å². The molecule has 100 valence electrons. The molecule has 0 unspecified atom stereocenters. The highest BCUT2D eigenvalue weighted by molar-refractivity contribution is 5.33. The smallest absolute Gasteiger partial charge is 0.122 e. The summed E-state index contributed by atoms with van der Waals surface area (Å²) in [5.41, 5.74) is 2.02. The first-order chi connectivity index (χ1) is 9.33. The second kappa shape index (κ2) is 6.81. The lowest BCUT2D eigenvalue weighted by molar-refractivity contribution is 0.281. The van der Waals surface area contributed by atoms with Crippen LogP contribution in [0.2, 0.25) is 0 Å². The zero-order valence-electron chi connectivity index (χ0n) is 11.0. The molecule has 0 saturated carbocycles. The quantitative estimate of drug-likeness (QED) is 0.866. The van der Waals surface area contributed by atoms with Crippen molar-refractivity contribution < 1.29 is 14.6 Å². The van der Waals surface area contributed by atoms with Crippen molar-refractivity contribution >= 4 is 0 Å². The minimum Gasteiger partial charge on any atom is -0.496 e. The lowest BCUT2D eigenvalue weighted by Crippen LogP contribution is -2.02. The van der Waals surface area contributed by atoms with Gasteiger partial charge in [-0.05, 0) is 29.3 Å². The zero-order chi connectivity index (χ0) is 13.5. The number of ether oxygens (including phenoxy) is 2. The van der Waals surface area contributed by atoms with Crippen LogP contribution in [0.3, 0.4) is 0 Å². The van der Waals surface area contributed by atoms with Crippen molar-refractivity contribution in [1.82, 2.24) is 0 Å². The Morgan fingerprint density at radius 1 is 1.00 bits per heavy atom. The van der Waals surface area contributed by atoms with Crippen molar-refractivity contribution in [3.63, 3.8) is 0 Å². The number of aliphatic hydroxyl groups excluding tert-OH is 1. The Morgan fingerprint density at radius 2 is 1.74 bits per heavy atom. The predicted octanol–water partition coefficient (Wildman–Crippen LogP) is 2.81. The van der Waals surface area contributed by atoms with Gasteiger partial charge in [-0.1, -0.05) is 30.3 Å². The summed E-state index contributed by atoms with van der Waals surface area (Å²) < 4.78 is 11.0. The van der Waals surface area contributed by atoms with Crippen LogP contribution in [0.15, 0.2) is 48.5 Å². The highest BCUT2D eigenvalue weighted by Gasteiger charge is 2.02. The highest BCUT2D eigenvalue weighted by atomic mass is 16.5. The first-order valence-electron chi connectivity index (χ1n) is 6.28. The van der Waals surface area contributed by atoms with Crippen LogP contribution < -0.4 is 9.47 Å². The van der Waals surface area contributed by atoms with Crippen molar-refractivity contribution in [3.8, 4) is 11.5 Å². The molecule has 2 rings (SSSR count). The maximum atomic E-state index is 8.96. The van der Waals surface area contributed by atoms with Gasteiger partial charge in [-0.15, -0.1) is 0 Å². The second-order valence-corrected chi connectivity index (χ2v) is 4.21. The van der Waals surface area contributed by atoms with E-state index in [9.17, 15) is 0 Å². The number of hydrogen-bond acceptors (Lipinski definition) is 3. The number of benzene rings is 2. The molecule has 0 aliphatic heterocycles. The van der Waals surface area contributed by atoms with Gasteiger partial charge in [0.15, 0.2) is 0 Å². The fourth-order valence-electron chi connectivity index (χ4n) is 1.88. The van der Waals surface area contributed by atoms with E-state index in [-0.39, 0.29) is 6.61 Å². The summed E-state index contributed by atoms with van der Waals surface area (Å²) in [5, 5.41) is 8.96. The Labute approximate surface area is 113 Å². The molecule has 2 aromatic carbocycles. The van der Waals surface area contributed by atoms with Gasteiger partial charge in [0.1, 0.15) is 11.5 Å². The molecule has 1 N–H and O–H groups in total. The molecule has 0 saturated heterocycles. The maximum absolute atomic E-state index is 8.96. The average Bonchev–Trinajstić information content (AvgIpc) is 2.48. The molecule has 0 fully saturated rings. The van der Waals surface area contributed by atoms with Gasteiger partial charge in [0.2, 0.25) is 0 Å². The molecule has 0 amide bonds. The molecule has 0 aromatic heterocycles. The number of aliphatic hydroxyl groups is 1. The van der Waals surface area contributed by atoms with Crippen molar-refractivity contribution in [2.75, 3.05) is 13.7 Å². The minimum atomic E-state index is 0.0570. The van der Waals surface area contributed by atoms with Crippen LogP contribution in [0, 0.1) is 0 Å². The molecule has 0 aliphatic rings. The van der Waals surface area contributed by atoms with Gasteiger partial charge in [0.05, 0.1) is 20.3 Å². The van der Waals surface area contributed by atoms with E-state index in [4.69, 9.17) is 14.6 Å². The average molecular weight is 258 g/mol. The molecular weight excluding hydrogens is 240 g/mol. The lowest BCUT2D eigenvalue weighted by Gasteiger charge is -2.09. The topological polar surface area (TPSA) is 38.7 Å². The Hall–Kier alpha value is -2.00. The molecule has 0 aliphatic carbocycles. The minimum absolute atomic E-state index is 0.0570. The summed E-state index contributed by atoms with van der Waals surface area (Å²) in [6, 6.07) is 15.4. The molecule has 3 nitrogen and oxygen atoms in total. The first-order valence-corrected chi connectivity index (χ1v) is 6.28. The molecular formula is C16H18O3. The van der Waals surface area contributed by atoms with E-state index in [0.29, 0.717) is 6.61 Å². The Balaban J connectivity index is 1.88. The zero-order valence-corrected chi connectivity index (χ0v) is 11.0. The van der Waals surface area contributed by atoms with Gasteiger partial charge in [-0.25, -0.2) is 0 Å². The third kappa shape index (κ3) is 3.73. The van der Waals surface area contributed by atoms with E-state index >= 15 is 0 Å². The first kappa shape index (κ1) is 13.4. The van der Waals surface area contributed by atoms with E-state index in [1.165, 1.54) is 0 Å². The molecule has 0 radical (unpaired) electrons. The largest absolute Gasteiger partial charge is 0.496 e. The Kier molecular flexibility index (Phi) is 4.81. The third-order valence-electron chi connectivity index (χ3n) is 2.94. The van der Waals surface area contributed by atoms with Crippen LogP contribution in [-0.4, -0.2) is 18.8 Å². The Bertz CT molecular complexity index is 506. The van der Waals surface area contributed by atoms with E-state index in [0.717, 1.165) is 29.0 Å². The standard InChI is InChI=1S/C16H18O3/c1-18-16-5-3-2-4-14(16)10-11-19-15-8-6-13(12-17)7-9-15/h2-9,17H,10-12H2,1H3. The van der Waals surface area contributed by atoms with Crippen LogP contribution in [-0.2, 0) is 13.0 Å². The Morgan fingerprint density at radius 3 is 2.42 bits per heavy atom. The van der Waals surface area contributed by atoms with Gasteiger partial charge in [0, 0.05) is 6.42 Å². The number of para-hydroxylation sites is 1. The second-order valence-electron chi connectivity index (χ2n) is 4.21. The van der Waals surface area contributed by atoms with Crippen LogP contribution in [0.4, 0.5) is 0 Å². The summed E-state index contributed by atoms with van der Waals surface area (Å²) in [6.45, 7) is 0.653. The van der Waals surface area contributed by atoms with Crippen molar-refractivity contribution in [1.29, 1.82) is 0 Å². The maximum Gasteiger partial charge on any atom is 0.122 e. The predicted molar refractivity (Wildman–Crippen MR) is 74.6 cm³/mol. The summed E-state index contributed by atoms with van der Waals surface area (Å²) in [5.74, 6) is 1.70. The van der Waals surface area contributed by atoms with Crippen molar-refractivity contribution in [3.05, 3.63) is 59.7 Å². The summed E-state index contributed by atoms with van der Waals surface area (Å²) in [7, 11) is 1.67. The fourth-order valence-corrected chi connectivity index (χ4v) is 1.88. The van der Waals surface area contributed by atoms with Crippen molar-refractivity contribution in [2.45, 2.75) is 13.0 Å². The third-order valence-corrected chi connectivity index (χ3v) is 2.94. The normalized spacial score (nSPS) is 10.2. The van der Waals surface area contributed by atoms with Gasteiger partial charge in [-0.2, -0.15) is 0 Å². The fraction of sp³-hybridized carbons (Fsp3) is 0.250. The number of rotatable bonds is 6. The molecule has 0 heterocycles. The van der Waals surface area contributed by atoms with E-state index < -0.39 is 0 Å². The van der Waals surface area contributed by atoms with Crippen LogP contribution in [0.5, 0.6) is 11.5 Å². The van der Waals surface area contributed by atoms with Gasteiger partial charge in [0.25, 0.3) is 0 Å². The molecule has 3 heteroatoms. The summed E-state index contributed by atoms with van der Waals surface area (Å²) in [6.07, 6.45) is 0.797. The SMILES string of the molecule is COc1ccccc1CCOc1ccc(CO)cc1. The monoisotopic (exact) mass is 258 g/mol. The van der Waals surface area contributed by atoms with Crippen LogP contribution in [0.1, 0.15) is 11.1 Å². The van der Waals surface area contributed by atoms with E-state index in [1.807, 2.05) is 48.5 Å². The lowest BCUT2D eigenvalue weighted by atomic mass is 10.1. The molecule has 19 heavy (non-hydrogen) atoms. The molecule has 0 spiro atoms. The molecule has 0 bridgehead atoms. The summed E-state index contributed by atoms with van der Waals surface area (Å²) in [4.78, 5) is 0. The highest BCUT2D eigenvalue weighted by Crippen LogP contribution is 2.18. The van der Waals surface area contributed by atoms with Gasteiger partial charge in [-0.3, -0.25) is 0 Å². The molecule has 0 atom stereocenters. The van der Waals surface area contributed by atoms with E-state index in [1.54, 1.807) is 7.11 Å². The number of hydrogen-bond donors (Lipinski definition) is 1.